The Morgan fingerprint density at radius 1 is 1.00 bits per heavy atom. The summed E-state index contributed by atoms with van der Waals surface area (Å²) >= 11 is 0. The van der Waals surface area contributed by atoms with Crippen LogP contribution in [-0.2, 0) is 29.2 Å². The molecule has 0 aliphatic carbocycles. The second-order valence-corrected chi connectivity index (χ2v) is 8.36. The molecule has 0 radical (unpaired) electrons. The van der Waals surface area contributed by atoms with Crippen molar-refractivity contribution in [2.24, 2.45) is 5.73 Å². The number of benzene rings is 3. The lowest BCUT2D eigenvalue weighted by atomic mass is 9.96. The van der Waals surface area contributed by atoms with Crippen LogP contribution in [-0.4, -0.2) is 17.2 Å². The van der Waals surface area contributed by atoms with Gasteiger partial charge in [-0.25, -0.2) is 4.39 Å². The second kappa shape index (κ2) is 11.1. The van der Waals surface area contributed by atoms with Gasteiger partial charge in [0.2, 0.25) is 0 Å². The molecule has 0 unspecified atom stereocenters. The maximum absolute atomic E-state index is 15.2. The van der Waals surface area contributed by atoms with Gasteiger partial charge in [-0.1, -0.05) is 42.5 Å². The first-order chi connectivity index (χ1) is 15.7. The molecule has 0 bridgehead atoms. The van der Waals surface area contributed by atoms with Gasteiger partial charge < -0.3 is 20.3 Å². The van der Waals surface area contributed by atoms with Crippen molar-refractivity contribution in [1.82, 2.24) is 0 Å². The molecule has 33 heavy (non-hydrogen) atoms. The number of ether oxygens (including phenoxy) is 2. The highest BCUT2D eigenvalue weighted by Gasteiger charge is 2.15. The predicted octanol–water partition coefficient (Wildman–Crippen LogP) is 5.64. The molecule has 0 saturated heterocycles. The molecule has 0 aromatic heterocycles. The van der Waals surface area contributed by atoms with Gasteiger partial charge in [-0.15, -0.1) is 0 Å². The Bertz CT molecular complexity index is 1110. The zero-order valence-electron chi connectivity index (χ0n) is 19.2. The lowest BCUT2D eigenvalue weighted by Crippen LogP contribution is -2.08. The predicted molar refractivity (Wildman–Crippen MR) is 126 cm³/mol. The van der Waals surface area contributed by atoms with E-state index >= 15 is 4.39 Å². The maximum atomic E-state index is 15.2. The molecule has 3 rings (SSSR count). The molecule has 0 spiro atoms. The monoisotopic (exact) mass is 451 g/mol. The number of halogens is 1. The molecule has 3 aromatic rings. The van der Waals surface area contributed by atoms with Gasteiger partial charge in [0.05, 0.1) is 19.1 Å². The Hall–Kier alpha value is -3.22. The summed E-state index contributed by atoms with van der Waals surface area (Å²) in [6.45, 7) is 6.25. The van der Waals surface area contributed by atoms with Crippen molar-refractivity contribution < 1.29 is 23.8 Å². The summed E-state index contributed by atoms with van der Waals surface area (Å²) in [5.41, 5.74) is 9.88. The normalized spacial score (nSPS) is 12.1. The Morgan fingerprint density at radius 3 is 2.36 bits per heavy atom. The van der Waals surface area contributed by atoms with Crippen LogP contribution < -0.4 is 10.5 Å². The topological polar surface area (TPSA) is 81.8 Å². The minimum absolute atomic E-state index is 0.0504. The highest BCUT2D eigenvalue weighted by atomic mass is 19.1. The van der Waals surface area contributed by atoms with Gasteiger partial charge in [-0.2, -0.15) is 0 Å². The van der Waals surface area contributed by atoms with Crippen molar-refractivity contribution in [1.29, 1.82) is 0 Å². The van der Waals surface area contributed by atoms with Crippen molar-refractivity contribution in [2.45, 2.75) is 52.6 Å². The fourth-order valence-electron chi connectivity index (χ4n) is 3.59. The van der Waals surface area contributed by atoms with Gasteiger partial charge >= 0.3 is 5.97 Å². The first-order valence-electron chi connectivity index (χ1n) is 11.0. The molecule has 0 saturated carbocycles. The maximum Gasteiger partial charge on any atom is 0.307 e. The van der Waals surface area contributed by atoms with Crippen molar-refractivity contribution in [3.05, 3.63) is 88.7 Å². The van der Waals surface area contributed by atoms with E-state index in [0.29, 0.717) is 34.6 Å². The van der Waals surface area contributed by atoms with E-state index in [2.05, 4.69) is 0 Å². The molecule has 5 nitrogen and oxygen atoms in total. The molecule has 3 N–H and O–H groups in total. The van der Waals surface area contributed by atoms with E-state index in [-0.39, 0.29) is 24.9 Å². The third-order valence-corrected chi connectivity index (χ3v) is 5.17. The molecule has 174 valence electrons. The van der Waals surface area contributed by atoms with E-state index in [1.807, 2.05) is 32.0 Å². The molecule has 6 heteroatoms. The zero-order valence-corrected chi connectivity index (χ0v) is 19.2. The first kappa shape index (κ1) is 24.4. The third kappa shape index (κ3) is 6.63. The van der Waals surface area contributed by atoms with Crippen LogP contribution in [0.4, 0.5) is 4.39 Å². The van der Waals surface area contributed by atoms with Gasteiger partial charge in [0.15, 0.2) is 0 Å². The quantitative estimate of drug-likeness (QED) is 0.417. The fraction of sp³-hybridized carbons (Fsp3) is 0.296. The number of hydrogen-bond donors (Lipinski definition) is 2. The summed E-state index contributed by atoms with van der Waals surface area (Å²) in [4.78, 5) is 11.2. The minimum Gasteiger partial charge on any atom is -0.489 e. The number of carbonyl (C=O) groups is 1. The molecule has 3 aromatic carbocycles. The van der Waals surface area contributed by atoms with E-state index in [0.717, 1.165) is 11.1 Å². The number of rotatable bonds is 10. The lowest BCUT2D eigenvalue weighted by Gasteiger charge is -2.16. The van der Waals surface area contributed by atoms with Gasteiger partial charge in [0.25, 0.3) is 0 Å². The number of aliphatic carboxylic acids is 1. The van der Waals surface area contributed by atoms with Crippen LogP contribution in [0.5, 0.6) is 5.75 Å². The van der Waals surface area contributed by atoms with Gasteiger partial charge in [-0.3, -0.25) is 4.79 Å². The van der Waals surface area contributed by atoms with Crippen LogP contribution in [0.1, 0.15) is 49.1 Å². The van der Waals surface area contributed by atoms with Crippen LogP contribution >= 0.6 is 0 Å². The van der Waals surface area contributed by atoms with Crippen LogP contribution in [0.25, 0.3) is 11.1 Å². The van der Waals surface area contributed by atoms with Crippen LogP contribution in [0.3, 0.4) is 0 Å². The fourth-order valence-corrected chi connectivity index (χ4v) is 3.59. The van der Waals surface area contributed by atoms with Gasteiger partial charge in [-0.05, 0) is 55.7 Å². The summed E-state index contributed by atoms with van der Waals surface area (Å²) in [7, 11) is 0. The van der Waals surface area contributed by atoms with Crippen molar-refractivity contribution in [3.63, 3.8) is 0 Å². The van der Waals surface area contributed by atoms with Crippen molar-refractivity contribution in [3.8, 4) is 16.9 Å². The standard InChI is InChI=1S/C27H30FNO4/c1-17(2)32-15-19-11-20(16-33-25-10-5-4-7-21(25)14-26(30)31)13-22(12-19)24-9-6-8-23(18(3)29)27(24)28/h4-13,17-18H,14-16,29H2,1-3H3,(H,30,31)/t18-/m1/s1. The van der Waals surface area contributed by atoms with Crippen molar-refractivity contribution in [2.75, 3.05) is 0 Å². The Kier molecular flexibility index (Phi) is 8.20. The van der Waals surface area contributed by atoms with E-state index in [9.17, 15) is 4.79 Å². The number of carboxylic acid groups (broad SMARTS) is 1. The Labute approximate surface area is 194 Å². The summed E-state index contributed by atoms with van der Waals surface area (Å²) in [6, 6.07) is 17.6. The number of carboxylic acids is 1. The molecule has 0 aliphatic rings. The number of nitrogens with two attached hydrogens (primary N) is 1. The Morgan fingerprint density at radius 2 is 1.70 bits per heavy atom. The molecule has 1 atom stereocenters. The average Bonchev–Trinajstić information content (AvgIpc) is 2.76. The summed E-state index contributed by atoms with van der Waals surface area (Å²) in [5.74, 6) is -0.755. The third-order valence-electron chi connectivity index (χ3n) is 5.17. The van der Waals surface area contributed by atoms with E-state index in [4.69, 9.17) is 20.3 Å². The highest BCUT2D eigenvalue weighted by Crippen LogP contribution is 2.30. The lowest BCUT2D eigenvalue weighted by molar-refractivity contribution is -0.136. The van der Waals surface area contributed by atoms with Crippen molar-refractivity contribution >= 4 is 5.97 Å². The molecule has 0 heterocycles. The zero-order chi connectivity index (χ0) is 24.0. The molecule has 0 fully saturated rings. The molecular weight excluding hydrogens is 421 g/mol. The van der Waals surface area contributed by atoms with Crippen LogP contribution in [0, 0.1) is 5.82 Å². The molecule has 0 aliphatic heterocycles. The van der Waals surface area contributed by atoms with E-state index in [1.54, 1.807) is 49.4 Å². The largest absolute Gasteiger partial charge is 0.489 e. The van der Waals surface area contributed by atoms with Gasteiger partial charge in [0.1, 0.15) is 18.2 Å². The summed E-state index contributed by atoms with van der Waals surface area (Å²) in [6.07, 6.45) is -0.0756. The van der Waals surface area contributed by atoms with Crippen LogP contribution in [0.15, 0.2) is 60.7 Å². The number of para-hydroxylation sites is 1. The van der Waals surface area contributed by atoms with Gasteiger partial charge in [0, 0.05) is 22.7 Å². The van der Waals surface area contributed by atoms with E-state index < -0.39 is 12.0 Å². The minimum atomic E-state index is -0.925. The smallest absolute Gasteiger partial charge is 0.307 e. The first-order valence-corrected chi connectivity index (χ1v) is 11.0. The average molecular weight is 452 g/mol. The summed E-state index contributed by atoms with van der Waals surface area (Å²) < 4.78 is 27.0. The molecular formula is C27H30FNO4. The second-order valence-electron chi connectivity index (χ2n) is 8.36. The Balaban J connectivity index is 1.95. The summed E-state index contributed by atoms with van der Waals surface area (Å²) in [5, 5.41) is 9.15. The highest BCUT2D eigenvalue weighted by molar-refractivity contribution is 5.71. The number of hydrogen-bond acceptors (Lipinski definition) is 4. The van der Waals surface area contributed by atoms with Crippen LogP contribution in [0.2, 0.25) is 0 Å². The SMILES string of the molecule is CC(C)OCc1cc(COc2ccccc2CC(=O)O)cc(-c2cccc([C@@H](C)N)c2F)c1. The van der Waals surface area contributed by atoms with E-state index in [1.165, 1.54) is 0 Å². The molecule has 0 amide bonds.